The molecule has 0 bridgehead atoms. The molecule has 0 radical (unpaired) electrons. The van der Waals surface area contributed by atoms with E-state index in [4.69, 9.17) is 11.6 Å². The minimum atomic E-state index is -4.73. The van der Waals surface area contributed by atoms with E-state index in [-0.39, 0.29) is 17.1 Å². The summed E-state index contributed by atoms with van der Waals surface area (Å²) in [5.74, 6) is -0.716. The van der Waals surface area contributed by atoms with Crippen molar-refractivity contribution in [3.05, 3.63) is 29.8 Å². The average molecular weight is 253 g/mol. The summed E-state index contributed by atoms with van der Waals surface area (Å²) in [6.07, 6.45) is -4.73. The predicted molar refractivity (Wildman–Crippen MR) is 52.8 cm³/mol. The van der Waals surface area contributed by atoms with Crippen molar-refractivity contribution in [3.8, 4) is 5.75 Å². The summed E-state index contributed by atoms with van der Waals surface area (Å²) in [5.41, 5.74) is 0.247. The smallest absolute Gasteiger partial charge is 0.406 e. The highest BCUT2D eigenvalue weighted by Gasteiger charge is 2.31. The number of Topliss-reactive ketones (excluding diaryl/α,β-unsaturated/α-hetero) is 1. The Labute approximate surface area is 95.0 Å². The van der Waals surface area contributed by atoms with E-state index in [0.29, 0.717) is 0 Å². The van der Waals surface area contributed by atoms with Crippen molar-refractivity contribution >= 4 is 17.4 Å². The Morgan fingerprint density at radius 3 is 2.19 bits per heavy atom. The van der Waals surface area contributed by atoms with Crippen LogP contribution < -0.4 is 4.74 Å². The first kappa shape index (κ1) is 12.8. The monoisotopic (exact) mass is 252 g/mol. The third-order valence-electron chi connectivity index (χ3n) is 1.73. The molecule has 1 atom stereocenters. The molecule has 0 aliphatic heterocycles. The maximum Gasteiger partial charge on any atom is 0.573 e. The van der Waals surface area contributed by atoms with E-state index in [1.54, 1.807) is 0 Å². The van der Waals surface area contributed by atoms with Crippen molar-refractivity contribution in [1.82, 2.24) is 0 Å². The molecule has 0 aromatic heterocycles. The highest BCUT2D eigenvalue weighted by atomic mass is 35.5. The molecule has 1 aromatic carbocycles. The molecule has 1 unspecified atom stereocenters. The lowest BCUT2D eigenvalue weighted by molar-refractivity contribution is -0.274. The quantitative estimate of drug-likeness (QED) is 0.609. The van der Waals surface area contributed by atoms with Crippen LogP contribution in [0.15, 0.2) is 24.3 Å². The summed E-state index contributed by atoms with van der Waals surface area (Å²) in [6.45, 7) is 1.49. The van der Waals surface area contributed by atoms with E-state index >= 15 is 0 Å². The second kappa shape index (κ2) is 4.74. The van der Waals surface area contributed by atoms with Crippen molar-refractivity contribution in [3.63, 3.8) is 0 Å². The number of benzene rings is 1. The van der Waals surface area contributed by atoms with Crippen LogP contribution in [0, 0.1) is 0 Å². The number of alkyl halides is 4. The molecule has 6 heteroatoms. The normalized spacial score (nSPS) is 13.3. The Balaban J connectivity index is 2.80. The Morgan fingerprint density at radius 1 is 1.31 bits per heavy atom. The lowest BCUT2D eigenvalue weighted by Crippen LogP contribution is -2.17. The molecule has 0 amide bonds. The van der Waals surface area contributed by atoms with Crippen LogP contribution in [0.2, 0.25) is 0 Å². The van der Waals surface area contributed by atoms with E-state index in [0.717, 1.165) is 12.1 Å². The highest BCUT2D eigenvalue weighted by molar-refractivity contribution is 6.33. The molecule has 0 aliphatic carbocycles. The van der Waals surface area contributed by atoms with Crippen molar-refractivity contribution in [2.45, 2.75) is 18.7 Å². The second-order valence-electron chi connectivity index (χ2n) is 3.05. The van der Waals surface area contributed by atoms with Crippen LogP contribution in [0.3, 0.4) is 0 Å². The molecular weight excluding hydrogens is 245 g/mol. The van der Waals surface area contributed by atoms with Crippen molar-refractivity contribution < 1.29 is 22.7 Å². The molecule has 0 heterocycles. The van der Waals surface area contributed by atoms with Gasteiger partial charge in [-0.25, -0.2) is 0 Å². The zero-order chi connectivity index (χ0) is 12.3. The fourth-order valence-electron chi connectivity index (χ4n) is 1.05. The lowest BCUT2D eigenvalue weighted by atomic mass is 10.1. The highest BCUT2D eigenvalue weighted by Crippen LogP contribution is 2.23. The number of carbonyl (C=O) groups excluding carboxylic acids is 1. The van der Waals surface area contributed by atoms with Crippen molar-refractivity contribution in [2.24, 2.45) is 0 Å². The van der Waals surface area contributed by atoms with Gasteiger partial charge in [0.1, 0.15) is 5.75 Å². The van der Waals surface area contributed by atoms with E-state index in [2.05, 4.69) is 4.74 Å². The summed E-state index contributed by atoms with van der Waals surface area (Å²) in [6, 6.07) is 4.62. The van der Waals surface area contributed by atoms with E-state index in [1.807, 2.05) is 0 Å². The van der Waals surface area contributed by atoms with Gasteiger partial charge in [0.2, 0.25) is 0 Å². The second-order valence-corrected chi connectivity index (χ2v) is 3.71. The summed E-state index contributed by atoms with van der Waals surface area (Å²) in [5, 5.41) is -0.714. The lowest BCUT2D eigenvalue weighted by Gasteiger charge is -2.09. The first-order valence-corrected chi connectivity index (χ1v) is 4.77. The van der Waals surface area contributed by atoms with Gasteiger partial charge in [-0.05, 0) is 31.2 Å². The largest absolute Gasteiger partial charge is 0.573 e. The molecule has 0 fully saturated rings. The van der Waals surface area contributed by atoms with Crippen LogP contribution in [-0.4, -0.2) is 17.5 Å². The minimum Gasteiger partial charge on any atom is -0.406 e. The number of carbonyl (C=O) groups is 1. The van der Waals surface area contributed by atoms with Gasteiger partial charge in [0.15, 0.2) is 5.78 Å². The van der Waals surface area contributed by atoms with Crippen LogP contribution in [0.25, 0.3) is 0 Å². The molecule has 0 saturated carbocycles. The summed E-state index contributed by atoms with van der Waals surface area (Å²) < 4.78 is 39.1. The third-order valence-corrected chi connectivity index (χ3v) is 1.93. The summed E-state index contributed by atoms with van der Waals surface area (Å²) >= 11 is 5.55. The average Bonchev–Trinajstić information content (AvgIpc) is 2.15. The van der Waals surface area contributed by atoms with Crippen LogP contribution in [-0.2, 0) is 0 Å². The molecule has 88 valence electrons. The van der Waals surface area contributed by atoms with Gasteiger partial charge in [0.25, 0.3) is 0 Å². The molecule has 16 heavy (non-hydrogen) atoms. The minimum absolute atomic E-state index is 0.247. The Morgan fingerprint density at radius 2 is 1.81 bits per heavy atom. The van der Waals surface area contributed by atoms with Crippen molar-refractivity contribution in [2.75, 3.05) is 0 Å². The van der Waals surface area contributed by atoms with Gasteiger partial charge < -0.3 is 4.74 Å². The van der Waals surface area contributed by atoms with E-state index < -0.39 is 11.7 Å². The number of rotatable bonds is 3. The fraction of sp³-hybridized carbons (Fsp3) is 0.300. The molecule has 0 aliphatic rings. The number of ketones is 1. The molecule has 1 aromatic rings. The van der Waals surface area contributed by atoms with Gasteiger partial charge in [0.05, 0.1) is 5.38 Å². The van der Waals surface area contributed by atoms with Crippen LogP contribution in [0.1, 0.15) is 17.3 Å². The molecular formula is C10H8ClF3O2. The van der Waals surface area contributed by atoms with E-state index in [1.165, 1.54) is 19.1 Å². The zero-order valence-corrected chi connectivity index (χ0v) is 8.97. The SMILES string of the molecule is CC(Cl)C(=O)c1ccc(OC(F)(F)F)cc1. The molecule has 2 nitrogen and oxygen atoms in total. The number of hydrogen-bond donors (Lipinski definition) is 0. The molecule has 0 spiro atoms. The van der Waals surface area contributed by atoms with Gasteiger partial charge in [-0.2, -0.15) is 0 Å². The predicted octanol–water partition coefficient (Wildman–Crippen LogP) is 3.40. The summed E-state index contributed by atoms with van der Waals surface area (Å²) in [7, 11) is 0. The van der Waals surface area contributed by atoms with Gasteiger partial charge >= 0.3 is 6.36 Å². The number of ether oxygens (including phenoxy) is 1. The topological polar surface area (TPSA) is 26.3 Å². The van der Waals surface area contributed by atoms with E-state index in [9.17, 15) is 18.0 Å². The van der Waals surface area contributed by atoms with Crippen molar-refractivity contribution in [1.29, 1.82) is 0 Å². The number of halogens is 4. The maximum absolute atomic E-state index is 11.8. The van der Waals surface area contributed by atoms with Gasteiger partial charge in [0, 0.05) is 5.56 Å². The first-order chi connectivity index (χ1) is 7.29. The van der Waals surface area contributed by atoms with Crippen LogP contribution in [0.5, 0.6) is 5.75 Å². The summed E-state index contributed by atoms with van der Waals surface area (Å²) in [4.78, 5) is 11.3. The Kier molecular flexibility index (Phi) is 3.80. The number of hydrogen-bond acceptors (Lipinski definition) is 2. The first-order valence-electron chi connectivity index (χ1n) is 4.33. The third kappa shape index (κ3) is 3.73. The molecule has 1 rings (SSSR count). The van der Waals surface area contributed by atoms with Gasteiger partial charge in [-0.3, -0.25) is 4.79 Å². The van der Waals surface area contributed by atoms with Gasteiger partial charge in [-0.1, -0.05) is 0 Å². The van der Waals surface area contributed by atoms with Crippen LogP contribution in [0.4, 0.5) is 13.2 Å². The van der Waals surface area contributed by atoms with Crippen LogP contribution >= 0.6 is 11.6 Å². The van der Waals surface area contributed by atoms with Gasteiger partial charge in [-0.15, -0.1) is 24.8 Å². The maximum atomic E-state index is 11.8. The standard InChI is InChI=1S/C10H8ClF3O2/c1-6(11)9(15)7-2-4-8(5-3-7)16-10(12,13)14/h2-6H,1H3. The Bertz CT molecular complexity index is 371. The Hall–Kier alpha value is -1.23. The fourth-order valence-corrected chi connectivity index (χ4v) is 1.18. The molecule has 0 saturated heterocycles. The molecule has 0 N–H and O–H groups in total. The zero-order valence-electron chi connectivity index (χ0n) is 8.22.